The summed E-state index contributed by atoms with van der Waals surface area (Å²) in [6.07, 6.45) is 4.97. The number of fused-ring (bicyclic) bond motifs is 1. The first-order chi connectivity index (χ1) is 11.5. The number of carbonyl (C=O) groups is 1. The van der Waals surface area contributed by atoms with Crippen LogP contribution >= 0.6 is 0 Å². The summed E-state index contributed by atoms with van der Waals surface area (Å²) in [5.74, 6) is 0.673. The molecule has 1 amide bonds. The molecular weight excluding hydrogens is 300 g/mol. The summed E-state index contributed by atoms with van der Waals surface area (Å²) >= 11 is 0. The Hall–Kier alpha value is -2.04. The van der Waals surface area contributed by atoms with E-state index in [9.17, 15) is 4.79 Å². The van der Waals surface area contributed by atoms with Crippen molar-refractivity contribution in [1.29, 1.82) is 0 Å². The van der Waals surface area contributed by atoms with Gasteiger partial charge in [-0.05, 0) is 56.2 Å². The molecule has 1 unspecified atom stereocenters. The molecule has 132 valence electrons. The predicted molar refractivity (Wildman–Crippen MR) is 99.3 cm³/mol. The minimum atomic E-state index is -0.00589. The van der Waals surface area contributed by atoms with Gasteiger partial charge in [0.2, 0.25) is 5.91 Å². The Morgan fingerprint density at radius 2 is 1.96 bits per heavy atom. The van der Waals surface area contributed by atoms with Gasteiger partial charge in [0.25, 0.3) is 0 Å². The molecule has 0 radical (unpaired) electrons. The quantitative estimate of drug-likeness (QED) is 0.643. The number of hydrogen-bond acceptors (Lipinski definition) is 2. The summed E-state index contributed by atoms with van der Waals surface area (Å²) < 4.78 is 0. The monoisotopic (exact) mass is 330 g/mol. The second-order valence-electron chi connectivity index (χ2n) is 6.58. The van der Waals surface area contributed by atoms with Crippen LogP contribution in [0.4, 0.5) is 0 Å². The third-order valence-corrected chi connectivity index (χ3v) is 4.44. The Balaban J connectivity index is 2.05. The molecule has 0 aromatic heterocycles. The highest BCUT2D eigenvalue weighted by atomic mass is 16.2. The zero-order valence-electron chi connectivity index (χ0n) is 15.4. The maximum absolute atomic E-state index is 11.7. The van der Waals surface area contributed by atoms with Crippen LogP contribution in [-0.4, -0.2) is 44.0 Å². The van der Waals surface area contributed by atoms with Crippen LogP contribution in [0.25, 0.3) is 0 Å². The molecule has 2 N–H and O–H groups in total. The van der Waals surface area contributed by atoms with Crippen LogP contribution in [0.5, 0.6) is 0 Å². The molecule has 0 saturated carbocycles. The number of nitrogens with one attached hydrogen (secondary N) is 2. The zero-order chi connectivity index (χ0) is 17.5. The fourth-order valence-electron chi connectivity index (χ4n) is 2.92. The smallest absolute Gasteiger partial charge is 0.243 e. The van der Waals surface area contributed by atoms with Crippen molar-refractivity contribution in [1.82, 2.24) is 15.5 Å². The van der Waals surface area contributed by atoms with Gasteiger partial charge in [0.05, 0.1) is 6.04 Å². The number of rotatable bonds is 5. The van der Waals surface area contributed by atoms with Gasteiger partial charge in [0.1, 0.15) is 6.54 Å². The summed E-state index contributed by atoms with van der Waals surface area (Å²) in [6.45, 7) is 5.07. The Morgan fingerprint density at radius 1 is 1.25 bits per heavy atom. The van der Waals surface area contributed by atoms with Gasteiger partial charge < -0.3 is 15.5 Å². The molecule has 0 heterocycles. The summed E-state index contributed by atoms with van der Waals surface area (Å²) in [6, 6.07) is 6.93. The van der Waals surface area contributed by atoms with E-state index in [-0.39, 0.29) is 18.5 Å². The molecule has 1 aliphatic rings. The molecule has 0 saturated heterocycles. The maximum Gasteiger partial charge on any atom is 0.243 e. The lowest BCUT2D eigenvalue weighted by Gasteiger charge is -2.21. The lowest BCUT2D eigenvalue weighted by molar-refractivity contribution is -0.127. The first kappa shape index (κ1) is 18.3. The molecule has 24 heavy (non-hydrogen) atoms. The number of amides is 1. The molecule has 1 aromatic rings. The Bertz CT molecular complexity index is 595. The van der Waals surface area contributed by atoms with Gasteiger partial charge >= 0.3 is 0 Å². The lowest BCUT2D eigenvalue weighted by Crippen LogP contribution is -2.39. The van der Waals surface area contributed by atoms with E-state index < -0.39 is 0 Å². The number of guanidine groups is 1. The molecule has 0 spiro atoms. The maximum atomic E-state index is 11.7. The first-order valence-corrected chi connectivity index (χ1v) is 8.88. The van der Waals surface area contributed by atoms with Gasteiger partial charge in [-0.2, -0.15) is 0 Å². The van der Waals surface area contributed by atoms with E-state index in [0.29, 0.717) is 5.96 Å². The van der Waals surface area contributed by atoms with Crippen molar-refractivity contribution >= 4 is 11.9 Å². The van der Waals surface area contributed by atoms with Gasteiger partial charge in [0.15, 0.2) is 5.96 Å². The van der Waals surface area contributed by atoms with E-state index in [0.717, 1.165) is 6.54 Å². The van der Waals surface area contributed by atoms with Crippen molar-refractivity contribution in [3.63, 3.8) is 0 Å². The van der Waals surface area contributed by atoms with Gasteiger partial charge in [-0.1, -0.05) is 18.2 Å². The lowest BCUT2D eigenvalue weighted by atomic mass is 9.89. The minimum Gasteiger partial charge on any atom is -0.357 e. The average molecular weight is 330 g/mol. The number of likely N-dealkylation sites (N-methyl/N-ethyl adjacent to an activating group) is 1. The summed E-state index contributed by atoms with van der Waals surface area (Å²) in [7, 11) is 3.49. The van der Waals surface area contributed by atoms with Crippen LogP contribution in [0, 0.1) is 0 Å². The van der Waals surface area contributed by atoms with Gasteiger partial charge in [0, 0.05) is 20.6 Å². The van der Waals surface area contributed by atoms with E-state index in [4.69, 9.17) is 0 Å². The van der Waals surface area contributed by atoms with E-state index >= 15 is 0 Å². The van der Waals surface area contributed by atoms with Crippen LogP contribution in [-0.2, 0) is 17.6 Å². The van der Waals surface area contributed by atoms with Crippen LogP contribution in [0.15, 0.2) is 23.2 Å². The molecule has 0 aliphatic heterocycles. The molecule has 1 atom stereocenters. The van der Waals surface area contributed by atoms with Crippen LogP contribution in [0.2, 0.25) is 0 Å². The largest absolute Gasteiger partial charge is 0.357 e. The van der Waals surface area contributed by atoms with E-state index in [1.54, 1.807) is 19.0 Å². The molecule has 1 aliphatic carbocycles. The second-order valence-corrected chi connectivity index (χ2v) is 6.58. The van der Waals surface area contributed by atoms with Crippen molar-refractivity contribution in [3.05, 3.63) is 34.9 Å². The van der Waals surface area contributed by atoms with Crippen LogP contribution < -0.4 is 10.6 Å². The fourth-order valence-corrected chi connectivity index (χ4v) is 2.92. The highest BCUT2D eigenvalue weighted by Crippen LogP contribution is 2.24. The van der Waals surface area contributed by atoms with Crippen molar-refractivity contribution in [3.8, 4) is 0 Å². The van der Waals surface area contributed by atoms with Gasteiger partial charge in [-0.25, -0.2) is 4.99 Å². The predicted octanol–water partition coefficient (Wildman–Crippen LogP) is 2.27. The van der Waals surface area contributed by atoms with Crippen molar-refractivity contribution in [2.75, 3.05) is 27.2 Å². The van der Waals surface area contributed by atoms with Gasteiger partial charge in [-0.15, -0.1) is 0 Å². The second kappa shape index (κ2) is 8.71. The number of carbonyl (C=O) groups excluding carboxylic acids is 1. The zero-order valence-corrected chi connectivity index (χ0v) is 15.4. The van der Waals surface area contributed by atoms with Gasteiger partial charge in [-0.3, -0.25) is 4.79 Å². The number of hydrogen-bond donors (Lipinski definition) is 2. The topological polar surface area (TPSA) is 56.7 Å². The van der Waals surface area contributed by atoms with E-state index in [1.807, 2.05) is 6.92 Å². The SMILES string of the molecule is CCNC(=NCC(=O)N(C)C)NC(C)c1ccc2c(c1)CCCC2. The molecule has 2 rings (SSSR count). The van der Waals surface area contributed by atoms with Crippen LogP contribution in [0.1, 0.15) is 49.4 Å². The summed E-state index contributed by atoms with van der Waals surface area (Å²) in [5.41, 5.74) is 4.24. The van der Waals surface area contributed by atoms with E-state index in [2.05, 4.69) is 40.7 Å². The van der Waals surface area contributed by atoms with Crippen molar-refractivity contribution in [2.45, 2.75) is 45.6 Å². The summed E-state index contributed by atoms with van der Waals surface area (Å²) in [5, 5.41) is 6.61. The molecule has 5 nitrogen and oxygen atoms in total. The average Bonchev–Trinajstić information content (AvgIpc) is 2.58. The molecule has 1 aromatic carbocycles. The van der Waals surface area contributed by atoms with Crippen molar-refractivity contribution < 1.29 is 4.79 Å². The summed E-state index contributed by atoms with van der Waals surface area (Å²) in [4.78, 5) is 17.7. The Kier molecular flexibility index (Phi) is 6.64. The third kappa shape index (κ3) is 4.98. The Morgan fingerprint density at radius 3 is 2.62 bits per heavy atom. The molecular formula is C19H30N4O. The highest BCUT2D eigenvalue weighted by Gasteiger charge is 2.13. The first-order valence-electron chi connectivity index (χ1n) is 8.88. The fraction of sp³-hybridized carbons (Fsp3) is 0.579. The van der Waals surface area contributed by atoms with E-state index in [1.165, 1.54) is 42.4 Å². The third-order valence-electron chi connectivity index (χ3n) is 4.44. The number of aryl methyl sites for hydroxylation is 2. The van der Waals surface area contributed by atoms with Crippen molar-refractivity contribution in [2.24, 2.45) is 4.99 Å². The molecule has 5 heteroatoms. The number of benzene rings is 1. The number of nitrogens with zero attached hydrogens (tertiary/aromatic N) is 2. The highest BCUT2D eigenvalue weighted by molar-refractivity contribution is 5.85. The number of aliphatic imine (C=N–C) groups is 1. The molecule has 0 fully saturated rings. The molecule has 0 bridgehead atoms. The standard InChI is InChI=1S/C19H30N4O/c1-5-20-19(21-13-18(24)23(3)4)22-14(2)16-11-10-15-8-6-7-9-17(15)12-16/h10-12,14H,5-9,13H2,1-4H3,(H2,20,21,22). The normalized spacial score (nSPS) is 15.4. The minimum absolute atomic E-state index is 0.00589. The Labute approximate surface area is 145 Å². The van der Waals surface area contributed by atoms with Crippen LogP contribution in [0.3, 0.4) is 0 Å².